The fourth-order valence-electron chi connectivity index (χ4n) is 3.23. The number of thiophene rings is 2. The van der Waals surface area contributed by atoms with E-state index >= 15 is 0 Å². The van der Waals surface area contributed by atoms with Crippen LogP contribution in [0.3, 0.4) is 0 Å². The summed E-state index contributed by atoms with van der Waals surface area (Å²) in [4.78, 5) is 29.2. The highest BCUT2D eigenvalue weighted by Crippen LogP contribution is 2.24. The molecule has 0 atom stereocenters. The first kappa shape index (κ1) is 23.1. The quantitative estimate of drug-likeness (QED) is 0.266. The molecule has 0 spiro atoms. The highest BCUT2D eigenvalue weighted by molar-refractivity contribution is 7.13. The number of ether oxygens (including phenoxy) is 1. The molecule has 0 amide bonds. The molecule has 8 heteroatoms. The molecule has 1 aromatic carbocycles. The first-order valence-electron chi connectivity index (χ1n) is 10.4. The van der Waals surface area contributed by atoms with Gasteiger partial charge in [-0.3, -0.25) is 10.1 Å². The van der Waals surface area contributed by atoms with Crippen molar-refractivity contribution >= 4 is 34.3 Å². The van der Waals surface area contributed by atoms with Gasteiger partial charge in [-0.2, -0.15) is 0 Å². The van der Waals surface area contributed by atoms with Crippen LogP contribution in [0, 0.1) is 10.1 Å². The molecule has 0 aliphatic carbocycles. The van der Waals surface area contributed by atoms with Crippen LogP contribution in [-0.4, -0.2) is 30.6 Å². The summed E-state index contributed by atoms with van der Waals surface area (Å²) in [5.41, 5.74) is 0.271. The van der Waals surface area contributed by atoms with Crippen molar-refractivity contribution in [3.05, 3.63) is 83.7 Å². The second-order valence-electron chi connectivity index (χ2n) is 7.24. The van der Waals surface area contributed by atoms with E-state index in [1.54, 1.807) is 16.2 Å². The Balaban J connectivity index is 1.46. The maximum Gasteiger partial charge on any atom is 0.338 e. The minimum absolute atomic E-state index is 0.0465. The van der Waals surface area contributed by atoms with Gasteiger partial charge in [-0.15, -0.1) is 22.7 Å². The molecule has 1 N–H and O–H groups in total. The van der Waals surface area contributed by atoms with Gasteiger partial charge in [0.05, 0.1) is 35.1 Å². The van der Waals surface area contributed by atoms with Gasteiger partial charge in [0.2, 0.25) is 0 Å². The number of nitro groups is 1. The Kier molecular flexibility index (Phi) is 8.34. The van der Waals surface area contributed by atoms with Gasteiger partial charge in [0, 0.05) is 39.6 Å². The molecule has 0 saturated heterocycles. The van der Waals surface area contributed by atoms with Crippen molar-refractivity contribution < 1.29 is 19.4 Å². The van der Waals surface area contributed by atoms with Crippen LogP contribution in [0.25, 0.3) is 0 Å². The van der Waals surface area contributed by atoms with Crippen LogP contribution < -0.4 is 4.90 Å². The molecule has 0 bridgehead atoms. The monoisotopic (exact) mass is 459 g/mol. The van der Waals surface area contributed by atoms with Gasteiger partial charge in [-0.1, -0.05) is 0 Å². The number of hydrogen-bond donors (Lipinski definition) is 1. The van der Waals surface area contributed by atoms with E-state index in [-0.39, 0.29) is 12.3 Å². The van der Waals surface area contributed by atoms with Crippen LogP contribution in [0.5, 0.6) is 0 Å². The van der Waals surface area contributed by atoms with Crippen molar-refractivity contribution in [2.24, 2.45) is 0 Å². The molecule has 0 unspecified atom stereocenters. The lowest BCUT2D eigenvalue weighted by Gasteiger charge is -2.13. The van der Waals surface area contributed by atoms with Crippen LogP contribution in [-0.2, 0) is 24.1 Å². The number of rotatable bonds is 11. The first-order valence-corrected chi connectivity index (χ1v) is 12.0. The van der Waals surface area contributed by atoms with Crippen LogP contribution >= 0.6 is 22.7 Å². The van der Waals surface area contributed by atoms with E-state index < -0.39 is 10.9 Å². The van der Waals surface area contributed by atoms with Crippen molar-refractivity contribution in [1.82, 2.24) is 0 Å². The Morgan fingerprint density at radius 1 is 0.935 bits per heavy atom. The number of nitro benzene ring substituents is 1. The summed E-state index contributed by atoms with van der Waals surface area (Å²) in [6, 6.07) is 14.2. The molecular weight excluding hydrogens is 432 g/mol. The minimum atomic E-state index is -0.493. The molecule has 0 saturated carbocycles. The number of hydrogen-bond acceptors (Lipinski definition) is 6. The smallest absolute Gasteiger partial charge is 0.338 e. The lowest BCUT2D eigenvalue weighted by Crippen LogP contribution is -3.10. The number of carbonyl (C=O) groups is 1. The van der Waals surface area contributed by atoms with E-state index in [4.69, 9.17) is 4.74 Å². The minimum Gasteiger partial charge on any atom is -0.462 e. The summed E-state index contributed by atoms with van der Waals surface area (Å²) < 4.78 is 5.32. The molecular formula is C23H27N2O4S2+. The molecule has 31 heavy (non-hydrogen) atoms. The third-order valence-electron chi connectivity index (χ3n) is 5.10. The third kappa shape index (κ3) is 6.72. The predicted octanol–water partition coefficient (Wildman–Crippen LogP) is 4.13. The standard InChI is InChI=1S/C23H26N2O4S2/c1-3-24(4-2)16-22-12-11-21(31-22)15-20-10-9-19(30-20)13-14-29-23(26)17-5-7-18(8-6-17)25(27)28/h5-12H,3-4,13-16H2,1-2H3/p+1. The van der Waals surface area contributed by atoms with Gasteiger partial charge < -0.3 is 9.64 Å². The van der Waals surface area contributed by atoms with Gasteiger partial charge in [-0.05, 0) is 50.2 Å². The van der Waals surface area contributed by atoms with E-state index in [9.17, 15) is 14.9 Å². The highest BCUT2D eigenvalue weighted by Gasteiger charge is 2.12. The maximum absolute atomic E-state index is 12.1. The third-order valence-corrected chi connectivity index (χ3v) is 7.33. The van der Waals surface area contributed by atoms with Crippen molar-refractivity contribution in [3.8, 4) is 0 Å². The number of quaternary nitrogens is 1. The Bertz CT molecular complexity index is 1010. The second-order valence-corrected chi connectivity index (χ2v) is 9.74. The van der Waals surface area contributed by atoms with Crippen LogP contribution in [0.15, 0.2) is 48.5 Å². The fraction of sp³-hybridized carbons (Fsp3) is 0.348. The summed E-state index contributed by atoms with van der Waals surface area (Å²) in [5.74, 6) is -0.465. The largest absolute Gasteiger partial charge is 0.462 e. The Hall–Kier alpha value is -2.55. The second kappa shape index (κ2) is 11.2. The van der Waals surface area contributed by atoms with E-state index in [1.807, 2.05) is 11.3 Å². The molecule has 6 nitrogen and oxygen atoms in total. The molecule has 2 heterocycles. The average molecular weight is 460 g/mol. The average Bonchev–Trinajstić information content (AvgIpc) is 3.41. The molecule has 0 aliphatic heterocycles. The molecule has 3 aromatic rings. The summed E-state index contributed by atoms with van der Waals surface area (Å²) >= 11 is 3.64. The molecule has 2 aromatic heterocycles. The highest BCUT2D eigenvalue weighted by atomic mass is 32.1. The maximum atomic E-state index is 12.1. The number of nitrogens with zero attached hydrogens (tertiary/aromatic N) is 1. The normalized spacial score (nSPS) is 11.1. The van der Waals surface area contributed by atoms with Gasteiger partial charge >= 0.3 is 5.97 Å². The summed E-state index contributed by atoms with van der Waals surface area (Å²) in [5, 5.41) is 10.7. The number of carbonyl (C=O) groups excluding carboxylic acids is 1. The first-order chi connectivity index (χ1) is 15.0. The zero-order chi connectivity index (χ0) is 22.2. The summed E-state index contributed by atoms with van der Waals surface area (Å²) in [6.45, 7) is 8.12. The molecule has 164 valence electrons. The zero-order valence-corrected chi connectivity index (χ0v) is 19.4. The van der Waals surface area contributed by atoms with Gasteiger partial charge in [0.1, 0.15) is 6.54 Å². The topological polar surface area (TPSA) is 73.9 Å². The van der Waals surface area contributed by atoms with Crippen molar-refractivity contribution in [2.45, 2.75) is 33.2 Å². The van der Waals surface area contributed by atoms with Crippen molar-refractivity contribution in [3.63, 3.8) is 0 Å². The van der Waals surface area contributed by atoms with Crippen molar-refractivity contribution in [1.29, 1.82) is 0 Å². The summed E-state index contributed by atoms with van der Waals surface area (Å²) in [7, 11) is 0. The van der Waals surface area contributed by atoms with E-state index in [2.05, 4.69) is 38.1 Å². The molecule has 0 aliphatic rings. The molecule has 0 radical (unpaired) electrons. The van der Waals surface area contributed by atoms with Gasteiger partial charge in [-0.25, -0.2) is 4.79 Å². The SMILES string of the molecule is CC[NH+](CC)Cc1ccc(Cc2ccc(CCOC(=O)c3ccc([N+](=O)[O-])cc3)s2)s1. The summed E-state index contributed by atoms with van der Waals surface area (Å²) in [6.07, 6.45) is 1.59. The van der Waals surface area contributed by atoms with E-state index in [0.29, 0.717) is 12.0 Å². The number of non-ortho nitro benzene ring substituents is 1. The Morgan fingerprint density at radius 2 is 1.52 bits per heavy atom. The Labute approximate surface area is 190 Å². The fourth-order valence-corrected chi connectivity index (χ4v) is 5.46. The lowest BCUT2D eigenvalue weighted by molar-refractivity contribution is -0.909. The molecule has 3 rings (SSSR count). The van der Waals surface area contributed by atoms with E-state index in [1.165, 1.54) is 43.8 Å². The number of esters is 1. The Morgan fingerprint density at radius 3 is 2.13 bits per heavy atom. The van der Waals surface area contributed by atoms with Gasteiger partial charge in [0.15, 0.2) is 0 Å². The van der Waals surface area contributed by atoms with Crippen LogP contribution in [0.4, 0.5) is 5.69 Å². The number of benzene rings is 1. The van der Waals surface area contributed by atoms with Crippen LogP contribution in [0.1, 0.15) is 43.7 Å². The van der Waals surface area contributed by atoms with Crippen LogP contribution in [0.2, 0.25) is 0 Å². The van der Waals surface area contributed by atoms with Gasteiger partial charge in [0.25, 0.3) is 5.69 Å². The van der Waals surface area contributed by atoms with E-state index in [0.717, 1.165) is 26.1 Å². The lowest BCUT2D eigenvalue weighted by atomic mass is 10.2. The molecule has 0 fully saturated rings. The predicted molar refractivity (Wildman–Crippen MR) is 124 cm³/mol. The number of nitrogens with one attached hydrogen (secondary N) is 1. The zero-order valence-electron chi connectivity index (χ0n) is 17.8. The van der Waals surface area contributed by atoms with Crippen molar-refractivity contribution in [2.75, 3.05) is 19.7 Å².